The molecular weight excluding hydrogens is 572 g/mol. The van der Waals surface area contributed by atoms with Crippen molar-refractivity contribution >= 4 is 6.21 Å². The van der Waals surface area contributed by atoms with Crippen LogP contribution in [0.2, 0.25) is 0 Å². The molecule has 218 valence electrons. The van der Waals surface area contributed by atoms with Gasteiger partial charge in [-0.05, 0) is 49.2 Å². The van der Waals surface area contributed by atoms with E-state index >= 15 is 0 Å². The molecule has 0 radical (unpaired) electrons. The molecule has 1 saturated carbocycles. The fraction of sp³-hybridized carbons (Fsp3) is 0.286. The maximum atomic E-state index is 14.4. The molecule has 0 unspecified atom stereocenters. The van der Waals surface area contributed by atoms with Gasteiger partial charge in [-0.2, -0.15) is 41.6 Å². The van der Waals surface area contributed by atoms with E-state index in [2.05, 4.69) is 25.3 Å². The zero-order valence-electron chi connectivity index (χ0n) is 21.5. The van der Waals surface area contributed by atoms with E-state index in [1.54, 1.807) is 5.01 Å². The van der Waals surface area contributed by atoms with Crippen LogP contribution in [0.15, 0.2) is 53.6 Å². The van der Waals surface area contributed by atoms with E-state index in [-0.39, 0.29) is 29.7 Å². The standard InChI is InChI=1S/C28H20F8N6/c29-19-5-3-4-17(24(19)30)25-38-21-13-37-42(14-22(21)39-25)26(10-1-2-11-26)23-9-8-20(40-41-23)16-7-6-15(27(31,32)33)12-18(16)28(34,35)36/h3-9,12-13H,1-2,10-11,14H2,(H,38,39). The zero-order valence-corrected chi connectivity index (χ0v) is 21.5. The number of aromatic nitrogens is 4. The summed E-state index contributed by atoms with van der Waals surface area (Å²) in [6.07, 6.45) is -5.69. The average molecular weight is 592 g/mol. The minimum Gasteiger partial charge on any atom is -0.337 e. The van der Waals surface area contributed by atoms with Crippen molar-refractivity contribution in [3.8, 4) is 22.6 Å². The molecule has 42 heavy (non-hydrogen) atoms. The second-order valence-electron chi connectivity index (χ2n) is 10.1. The van der Waals surface area contributed by atoms with Gasteiger partial charge >= 0.3 is 12.4 Å². The van der Waals surface area contributed by atoms with Crippen molar-refractivity contribution in [1.29, 1.82) is 0 Å². The zero-order chi connectivity index (χ0) is 29.9. The molecule has 0 spiro atoms. The molecule has 4 aromatic rings. The molecule has 1 N–H and O–H groups in total. The molecule has 0 amide bonds. The second kappa shape index (κ2) is 9.88. The summed E-state index contributed by atoms with van der Waals surface area (Å²) in [4.78, 5) is 7.42. The van der Waals surface area contributed by atoms with Gasteiger partial charge in [-0.25, -0.2) is 13.8 Å². The molecule has 2 aromatic heterocycles. The van der Waals surface area contributed by atoms with E-state index < -0.39 is 46.2 Å². The molecule has 3 heterocycles. The first kappa shape index (κ1) is 27.8. The number of halogens is 8. The minimum absolute atomic E-state index is 0.0390. The van der Waals surface area contributed by atoms with E-state index in [0.29, 0.717) is 36.0 Å². The summed E-state index contributed by atoms with van der Waals surface area (Å²) < 4.78 is 109. The normalized spacial score (nSPS) is 16.6. The molecule has 2 aliphatic rings. The van der Waals surface area contributed by atoms with Gasteiger partial charge in [0, 0.05) is 5.56 Å². The van der Waals surface area contributed by atoms with Crippen LogP contribution in [0.25, 0.3) is 22.6 Å². The highest BCUT2D eigenvalue weighted by Crippen LogP contribution is 2.46. The minimum atomic E-state index is -5.05. The first-order valence-corrected chi connectivity index (χ1v) is 12.8. The Labute approximate surface area is 233 Å². The number of benzene rings is 2. The number of fused-ring (bicyclic) bond motifs is 1. The van der Waals surface area contributed by atoms with E-state index in [1.807, 2.05) is 0 Å². The summed E-state index contributed by atoms with van der Waals surface area (Å²) >= 11 is 0. The fourth-order valence-corrected chi connectivity index (χ4v) is 5.55. The van der Waals surface area contributed by atoms with Gasteiger partial charge in [-0.3, -0.25) is 5.01 Å². The van der Waals surface area contributed by atoms with Crippen LogP contribution in [0, 0.1) is 11.6 Å². The van der Waals surface area contributed by atoms with Crippen molar-refractivity contribution in [2.45, 2.75) is 50.1 Å². The van der Waals surface area contributed by atoms with Crippen molar-refractivity contribution in [2.24, 2.45) is 5.10 Å². The number of imidazole rings is 1. The number of hydrazone groups is 1. The largest absolute Gasteiger partial charge is 0.417 e. The topological polar surface area (TPSA) is 70.1 Å². The first-order valence-electron chi connectivity index (χ1n) is 12.8. The van der Waals surface area contributed by atoms with Gasteiger partial charge in [0.25, 0.3) is 0 Å². The third kappa shape index (κ3) is 4.77. The number of alkyl halides is 6. The van der Waals surface area contributed by atoms with Crippen LogP contribution in [0.3, 0.4) is 0 Å². The third-order valence-corrected chi connectivity index (χ3v) is 7.64. The summed E-state index contributed by atoms with van der Waals surface area (Å²) in [5, 5.41) is 14.5. The van der Waals surface area contributed by atoms with E-state index in [9.17, 15) is 35.1 Å². The lowest BCUT2D eigenvalue weighted by Crippen LogP contribution is -2.42. The average Bonchev–Trinajstić information content (AvgIpc) is 3.61. The monoisotopic (exact) mass is 592 g/mol. The highest BCUT2D eigenvalue weighted by atomic mass is 19.4. The van der Waals surface area contributed by atoms with E-state index in [0.717, 1.165) is 25.0 Å². The summed E-state index contributed by atoms with van der Waals surface area (Å²) in [5.74, 6) is -1.92. The molecule has 14 heteroatoms. The molecule has 1 aliphatic carbocycles. The van der Waals surface area contributed by atoms with E-state index in [1.165, 1.54) is 30.5 Å². The number of hydrogen-bond donors (Lipinski definition) is 1. The Morgan fingerprint density at radius 3 is 2.26 bits per heavy atom. The Bertz CT molecular complexity index is 1670. The number of aromatic amines is 1. The lowest BCUT2D eigenvalue weighted by molar-refractivity contribution is -0.142. The molecule has 0 saturated heterocycles. The van der Waals surface area contributed by atoms with Gasteiger partial charge in [0.2, 0.25) is 0 Å². The van der Waals surface area contributed by atoms with Crippen molar-refractivity contribution in [1.82, 2.24) is 25.2 Å². The molecule has 0 atom stereocenters. The number of nitrogens with one attached hydrogen (secondary N) is 1. The van der Waals surface area contributed by atoms with Crippen LogP contribution >= 0.6 is 0 Å². The Balaban J connectivity index is 1.32. The molecule has 0 bridgehead atoms. The predicted molar refractivity (Wildman–Crippen MR) is 135 cm³/mol. The molecule has 1 fully saturated rings. The fourth-order valence-electron chi connectivity index (χ4n) is 5.55. The van der Waals surface area contributed by atoms with Crippen LogP contribution < -0.4 is 0 Å². The maximum Gasteiger partial charge on any atom is 0.417 e. The van der Waals surface area contributed by atoms with Crippen LogP contribution in [0.5, 0.6) is 0 Å². The highest BCUT2D eigenvalue weighted by molar-refractivity contribution is 5.81. The summed E-state index contributed by atoms with van der Waals surface area (Å²) in [6.45, 7) is 0.180. The van der Waals surface area contributed by atoms with Crippen molar-refractivity contribution in [3.05, 3.63) is 88.4 Å². The second-order valence-corrected chi connectivity index (χ2v) is 10.1. The quantitative estimate of drug-likeness (QED) is 0.250. The Morgan fingerprint density at radius 1 is 0.833 bits per heavy atom. The van der Waals surface area contributed by atoms with E-state index in [4.69, 9.17) is 0 Å². The van der Waals surface area contributed by atoms with Crippen molar-refractivity contribution in [2.75, 3.05) is 0 Å². The lowest BCUT2D eigenvalue weighted by Gasteiger charge is -2.39. The Morgan fingerprint density at radius 2 is 1.60 bits per heavy atom. The Hall–Kier alpha value is -4.36. The molecule has 6 rings (SSSR count). The summed E-state index contributed by atoms with van der Waals surface area (Å²) in [6, 6.07) is 7.97. The Kier molecular flexibility index (Phi) is 6.54. The maximum absolute atomic E-state index is 14.4. The van der Waals surface area contributed by atoms with Gasteiger partial charge in [0.05, 0.1) is 52.2 Å². The van der Waals surface area contributed by atoms with Crippen LogP contribution in [0.1, 0.15) is 53.9 Å². The molecule has 6 nitrogen and oxygen atoms in total. The van der Waals surface area contributed by atoms with Crippen LogP contribution in [-0.4, -0.2) is 31.4 Å². The molecule has 2 aromatic carbocycles. The number of H-pyrrole nitrogens is 1. The SMILES string of the molecule is Fc1cccc(-c2nc3c([nH]2)C=NN(C2(c4ccc(-c5ccc(C(F)(F)F)cc5C(F)(F)F)nn4)CCCC2)C3)c1F. The third-order valence-electron chi connectivity index (χ3n) is 7.64. The smallest absolute Gasteiger partial charge is 0.337 e. The van der Waals surface area contributed by atoms with Gasteiger partial charge in [-0.15, -0.1) is 0 Å². The first-order chi connectivity index (χ1) is 19.9. The van der Waals surface area contributed by atoms with Gasteiger partial charge < -0.3 is 4.98 Å². The molecular formula is C28H20F8N6. The van der Waals surface area contributed by atoms with Crippen molar-refractivity contribution in [3.63, 3.8) is 0 Å². The number of rotatable bonds is 4. The van der Waals surface area contributed by atoms with Crippen LogP contribution in [0.4, 0.5) is 35.1 Å². The number of hydrogen-bond acceptors (Lipinski definition) is 5. The van der Waals surface area contributed by atoms with Gasteiger partial charge in [0.15, 0.2) is 11.6 Å². The van der Waals surface area contributed by atoms with Crippen molar-refractivity contribution < 1.29 is 35.1 Å². The molecule has 1 aliphatic heterocycles. The summed E-state index contributed by atoms with van der Waals surface area (Å²) in [5.41, 5.74) is -2.99. The number of nitrogens with zero attached hydrogens (tertiary/aromatic N) is 5. The lowest BCUT2D eigenvalue weighted by atomic mass is 9.91. The van der Waals surface area contributed by atoms with Crippen LogP contribution in [-0.2, 0) is 24.4 Å². The highest BCUT2D eigenvalue weighted by Gasteiger charge is 2.44. The predicted octanol–water partition coefficient (Wildman–Crippen LogP) is 7.47. The van der Waals surface area contributed by atoms with Gasteiger partial charge in [-0.1, -0.05) is 25.0 Å². The van der Waals surface area contributed by atoms with Gasteiger partial charge in [0.1, 0.15) is 11.4 Å². The summed E-state index contributed by atoms with van der Waals surface area (Å²) in [7, 11) is 0.